The number of hydrogen-bond acceptors (Lipinski definition) is 7. The molecule has 0 spiro atoms. The van der Waals surface area contributed by atoms with Crippen LogP contribution in [0.1, 0.15) is 13.8 Å². The molecule has 0 saturated heterocycles. The van der Waals surface area contributed by atoms with E-state index in [0.29, 0.717) is 14.7 Å². The zero-order valence-corrected chi connectivity index (χ0v) is 27.4. The number of aliphatic hydroxyl groups excluding tert-OH is 1. The number of hydrogen-bond donors (Lipinski definition) is 3. The predicted molar refractivity (Wildman–Crippen MR) is 152 cm³/mol. The maximum Gasteiger partial charge on any atom is 0.524 e. The lowest BCUT2D eigenvalue weighted by molar-refractivity contribution is -0.159. The maximum absolute atomic E-state index is 11.2. The van der Waals surface area contributed by atoms with Crippen LogP contribution in [0.5, 0.6) is 11.5 Å². The van der Waals surface area contributed by atoms with Crippen LogP contribution in [0.15, 0.2) is 77.5 Å². The Morgan fingerprint density at radius 2 is 1.42 bits per heavy atom. The summed E-state index contributed by atoms with van der Waals surface area (Å²) in [6, 6.07) is 7.93. The minimum Gasteiger partial charge on any atom is -0.433 e. The van der Waals surface area contributed by atoms with Crippen LogP contribution in [-0.2, 0) is 18.9 Å². The molecule has 36 heavy (non-hydrogen) atoms. The molecule has 198 valence electrons. The van der Waals surface area contributed by atoms with Gasteiger partial charge in [-0.25, -0.2) is 14.2 Å². The van der Waals surface area contributed by atoms with Gasteiger partial charge in [0.1, 0.15) is 5.75 Å². The number of rotatable bonds is 6. The normalized spacial score (nSPS) is 10.9. The van der Waals surface area contributed by atoms with Crippen LogP contribution in [0.2, 0.25) is 0 Å². The Morgan fingerprint density at radius 3 is 1.75 bits per heavy atom. The number of carbonyl (C=O) groups excluding carboxylic acids is 2. The third kappa shape index (κ3) is 13.6. The molecule has 1 atom stereocenters. The average molecular weight is 847 g/mol. The lowest BCUT2D eigenvalue weighted by atomic mass is 10.3. The number of phosphoric ester groups is 1. The van der Waals surface area contributed by atoms with Gasteiger partial charge in [-0.1, -0.05) is 31.4 Å². The van der Waals surface area contributed by atoms with Crippen molar-refractivity contribution in [3.63, 3.8) is 0 Å². The van der Waals surface area contributed by atoms with Gasteiger partial charge in [0, 0.05) is 16.1 Å². The Morgan fingerprint density at radius 1 is 0.972 bits per heavy atom. The predicted octanol–water partition coefficient (Wildman–Crippen LogP) is 7.19. The van der Waals surface area contributed by atoms with Gasteiger partial charge >= 0.3 is 19.8 Å². The van der Waals surface area contributed by atoms with Gasteiger partial charge in [0.25, 0.3) is 0 Å². The first-order valence-electron chi connectivity index (χ1n) is 9.22. The Balaban J connectivity index is 0.000000538. The van der Waals surface area contributed by atoms with Crippen LogP contribution >= 0.6 is 87.5 Å². The van der Waals surface area contributed by atoms with Crippen LogP contribution < -0.4 is 9.26 Å². The standard InChI is InChI=1S/C9H3Br5O2.C6H7O4P.C6H10O3/c1-2-3(15)16-9-7(13)5(11)4(10)6(12)8(9)14;7-11(8,9)10-6-4-2-1-3-5-6;1-4(2)6(8)9-5(3)7/h2H,1H2;1-5H,(H2,7,8,9);5,7H,1H2,2-3H3. The number of phosphoric acid groups is 1. The van der Waals surface area contributed by atoms with Crippen molar-refractivity contribution in [2.45, 2.75) is 20.1 Å². The first-order chi connectivity index (χ1) is 16.5. The molecule has 0 aliphatic rings. The van der Waals surface area contributed by atoms with Gasteiger partial charge in [-0.2, -0.15) is 0 Å². The molecule has 0 bridgehead atoms. The van der Waals surface area contributed by atoms with E-state index in [2.05, 4.69) is 102 Å². The first-order valence-corrected chi connectivity index (χ1v) is 14.7. The highest BCUT2D eigenvalue weighted by atomic mass is 79.9. The summed E-state index contributed by atoms with van der Waals surface area (Å²) in [5.74, 6) is -0.541. The van der Waals surface area contributed by atoms with E-state index >= 15 is 0 Å². The molecule has 0 aromatic heterocycles. The number of aliphatic hydroxyl groups is 1. The number of carbonyl (C=O) groups is 2. The smallest absolute Gasteiger partial charge is 0.433 e. The Kier molecular flexibility index (Phi) is 16.5. The molecule has 0 radical (unpaired) electrons. The number of para-hydroxylation sites is 1. The largest absolute Gasteiger partial charge is 0.524 e. The molecule has 0 fully saturated rings. The van der Waals surface area contributed by atoms with Crippen LogP contribution in [0.25, 0.3) is 0 Å². The highest BCUT2D eigenvalue weighted by Gasteiger charge is 2.20. The molecule has 1 unspecified atom stereocenters. The Bertz CT molecular complexity index is 1110. The highest BCUT2D eigenvalue weighted by molar-refractivity contribution is 9.15. The molecular weight excluding hydrogens is 827 g/mol. The molecule has 2 aromatic rings. The van der Waals surface area contributed by atoms with Crippen LogP contribution in [0.3, 0.4) is 0 Å². The van der Waals surface area contributed by atoms with Crippen molar-refractivity contribution in [3.8, 4) is 11.5 Å². The monoisotopic (exact) mass is 842 g/mol. The van der Waals surface area contributed by atoms with E-state index in [0.717, 1.165) is 19.5 Å². The summed E-state index contributed by atoms with van der Waals surface area (Å²) < 4.78 is 27.5. The summed E-state index contributed by atoms with van der Waals surface area (Å²) in [6.45, 7) is 9.54. The van der Waals surface area contributed by atoms with Crippen molar-refractivity contribution in [1.29, 1.82) is 0 Å². The van der Waals surface area contributed by atoms with Crippen molar-refractivity contribution in [1.82, 2.24) is 0 Å². The van der Waals surface area contributed by atoms with Gasteiger partial charge < -0.3 is 19.1 Å². The average Bonchev–Trinajstić information content (AvgIpc) is 2.79. The fourth-order valence-electron chi connectivity index (χ4n) is 1.69. The molecule has 0 aliphatic carbocycles. The van der Waals surface area contributed by atoms with Gasteiger partial charge in [-0.3, -0.25) is 9.79 Å². The molecule has 3 N–H and O–H groups in total. The summed E-state index contributed by atoms with van der Waals surface area (Å²) >= 11 is 16.8. The van der Waals surface area contributed by atoms with Gasteiger partial charge in [0.2, 0.25) is 0 Å². The molecule has 0 heterocycles. The fraction of sp³-hybridized carbons (Fsp3) is 0.143. The first kappa shape index (κ1) is 35.2. The van der Waals surface area contributed by atoms with Crippen LogP contribution in [0.4, 0.5) is 0 Å². The van der Waals surface area contributed by atoms with E-state index in [1.165, 1.54) is 26.0 Å². The highest BCUT2D eigenvalue weighted by Crippen LogP contribution is 2.48. The number of benzene rings is 2. The van der Waals surface area contributed by atoms with Crippen LogP contribution in [-0.4, -0.2) is 33.1 Å². The summed E-state index contributed by atoms with van der Waals surface area (Å²) in [6.07, 6.45) is 0.0529. The van der Waals surface area contributed by atoms with Crippen molar-refractivity contribution >= 4 is 99.4 Å². The van der Waals surface area contributed by atoms with Crippen LogP contribution in [0, 0.1) is 0 Å². The van der Waals surface area contributed by atoms with E-state index in [1.807, 2.05) is 0 Å². The zero-order chi connectivity index (χ0) is 28.2. The zero-order valence-electron chi connectivity index (χ0n) is 18.6. The van der Waals surface area contributed by atoms with Crippen molar-refractivity contribution in [2.24, 2.45) is 0 Å². The third-order valence-electron chi connectivity index (χ3n) is 3.13. The summed E-state index contributed by atoms with van der Waals surface area (Å²) in [5.41, 5.74) is 0.288. The fourth-order valence-corrected chi connectivity index (χ4v) is 5.26. The van der Waals surface area contributed by atoms with Crippen molar-refractivity contribution in [3.05, 3.63) is 77.5 Å². The molecule has 0 amide bonds. The third-order valence-corrected chi connectivity index (χ3v) is 9.60. The molecule has 15 heteroatoms. The second-order valence-corrected chi connectivity index (χ2v) is 11.3. The summed E-state index contributed by atoms with van der Waals surface area (Å²) in [5, 5.41) is 8.49. The van der Waals surface area contributed by atoms with Crippen molar-refractivity contribution in [2.75, 3.05) is 0 Å². The molecular formula is C21H20Br5O9P. The lowest BCUT2D eigenvalue weighted by Crippen LogP contribution is -2.13. The van der Waals surface area contributed by atoms with E-state index in [9.17, 15) is 14.2 Å². The Labute approximate surface area is 249 Å². The van der Waals surface area contributed by atoms with Gasteiger partial charge in [0.15, 0.2) is 12.0 Å². The molecule has 0 saturated carbocycles. The SMILES string of the molecule is C=C(C)C(=O)OC(C)O.C=CC(=O)Oc1c(Br)c(Br)c(Br)c(Br)c1Br.O=P(O)(O)Oc1ccccc1. The van der Waals surface area contributed by atoms with E-state index in [-0.39, 0.29) is 11.3 Å². The molecule has 2 aromatic carbocycles. The van der Waals surface area contributed by atoms with Gasteiger partial charge in [0.05, 0.1) is 17.9 Å². The van der Waals surface area contributed by atoms with Gasteiger partial charge in [-0.15, -0.1) is 0 Å². The minimum absolute atomic E-state index is 0.167. The molecule has 9 nitrogen and oxygen atoms in total. The van der Waals surface area contributed by atoms with Crippen molar-refractivity contribution < 1.29 is 43.0 Å². The second kappa shape index (κ2) is 16.9. The van der Waals surface area contributed by atoms with E-state index in [1.54, 1.807) is 18.2 Å². The molecule has 2 rings (SSSR count). The number of esters is 2. The maximum atomic E-state index is 11.2. The Hall–Kier alpha value is -0.830. The topological polar surface area (TPSA) is 140 Å². The molecule has 0 aliphatic heterocycles. The number of halogens is 5. The van der Waals surface area contributed by atoms with E-state index < -0.39 is 26.1 Å². The summed E-state index contributed by atoms with van der Waals surface area (Å²) in [7, 11) is -4.39. The number of ether oxygens (including phenoxy) is 2. The van der Waals surface area contributed by atoms with E-state index in [4.69, 9.17) is 19.6 Å². The second-order valence-electron chi connectivity index (χ2n) is 6.20. The lowest BCUT2D eigenvalue weighted by Gasteiger charge is -2.12. The quantitative estimate of drug-likeness (QED) is 0.0525. The summed E-state index contributed by atoms with van der Waals surface area (Å²) in [4.78, 5) is 38.4. The minimum atomic E-state index is -4.39. The van der Waals surface area contributed by atoms with Gasteiger partial charge in [-0.05, 0) is 106 Å².